The van der Waals surface area contributed by atoms with Crippen LogP contribution in [0.1, 0.15) is 31.7 Å². The minimum Gasteiger partial charge on any atom is -0.492 e. The number of hydrogen-bond acceptors (Lipinski definition) is 3. The maximum absolute atomic E-state index is 5.82. The van der Waals surface area contributed by atoms with Crippen molar-refractivity contribution in [2.75, 3.05) is 32.8 Å². The van der Waals surface area contributed by atoms with Crippen LogP contribution in [0.3, 0.4) is 0 Å². The first kappa shape index (κ1) is 15.3. The Bertz CT molecular complexity index is 386. The Morgan fingerprint density at radius 2 is 2.10 bits per heavy atom. The summed E-state index contributed by atoms with van der Waals surface area (Å²) in [6.45, 7) is 9.69. The Morgan fingerprint density at radius 3 is 2.80 bits per heavy atom. The molecule has 1 N–H and O–H groups in total. The quantitative estimate of drug-likeness (QED) is 0.829. The molecule has 0 aliphatic carbocycles. The van der Waals surface area contributed by atoms with Crippen molar-refractivity contribution in [1.29, 1.82) is 0 Å². The van der Waals surface area contributed by atoms with E-state index in [0.717, 1.165) is 31.5 Å². The van der Waals surface area contributed by atoms with Crippen LogP contribution < -0.4 is 10.1 Å². The van der Waals surface area contributed by atoms with Gasteiger partial charge in [-0.2, -0.15) is 0 Å². The third-order valence-corrected chi connectivity index (χ3v) is 3.94. The molecule has 0 atom stereocenters. The van der Waals surface area contributed by atoms with Gasteiger partial charge in [0.25, 0.3) is 0 Å². The van der Waals surface area contributed by atoms with E-state index in [1.165, 1.54) is 37.9 Å². The molecule has 20 heavy (non-hydrogen) atoms. The molecule has 0 unspecified atom stereocenters. The van der Waals surface area contributed by atoms with Crippen LogP contribution >= 0.6 is 0 Å². The van der Waals surface area contributed by atoms with Crippen molar-refractivity contribution in [2.24, 2.45) is 0 Å². The summed E-state index contributed by atoms with van der Waals surface area (Å²) < 4.78 is 5.82. The fourth-order valence-electron chi connectivity index (χ4n) is 2.71. The average Bonchev–Trinajstić information content (AvgIpc) is 2.46. The smallest absolute Gasteiger partial charge is 0.119 e. The predicted molar refractivity (Wildman–Crippen MR) is 84.4 cm³/mol. The Kier molecular flexibility index (Phi) is 6.34. The normalized spacial score (nSPS) is 17.3. The SMILES string of the molecule is CCCNC1CCN(CCOc2cccc(C)c2)CC1. The molecule has 0 radical (unpaired) electrons. The fourth-order valence-corrected chi connectivity index (χ4v) is 2.71. The molecule has 112 valence electrons. The van der Waals surface area contributed by atoms with Gasteiger partial charge in [0.2, 0.25) is 0 Å². The van der Waals surface area contributed by atoms with Crippen molar-refractivity contribution in [3.63, 3.8) is 0 Å². The number of likely N-dealkylation sites (tertiary alicyclic amines) is 1. The maximum atomic E-state index is 5.82. The van der Waals surface area contributed by atoms with E-state index in [4.69, 9.17) is 4.74 Å². The zero-order valence-corrected chi connectivity index (χ0v) is 12.9. The number of hydrogen-bond donors (Lipinski definition) is 1. The lowest BCUT2D eigenvalue weighted by Gasteiger charge is -2.32. The van der Waals surface area contributed by atoms with Gasteiger partial charge in [-0.05, 0) is 63.5 Å². The largest absolute Gasteiger partial charge is 0.492 e. The Labute approximate surface area is 123 Å². The van der Waals surface area contributed by atoms with E-state index < -0.39 is 0 Å². The van der Waals surface area contributed by atoms with Crippen LogP contribution in [0.15, 0.2) is 24.3 Å². The number of benzene rings is 1. The number of rotatable bonds is 7. The van der Waals surface area contributed by atoms with Crippen LogP contribution in [0.4, 0.5) is 0 Å². The van der Waals surface area contributed by atoms with Gasteiger partial charge < -0.3 is 10.1 Å². The molecule has 0 bridgehead atoms. The lowest BCUT2D eigenvalue weighted by Crippen LogP contribution is -2.43. The standard InChI is InChI=1S/C17H28N2O/c1-3-9-18-16-7-10-19(11-8-16)12-13-20-17-6-4-5-15(2)14-17/h4-6,14,16,18H,3,7-13H2,1-2H3. The monoisotopic (exact) mass is 276 g/mol. The maximum Gasteiger partial charge on any atom is 0.119 e. The molecular weight excluding hydrogens is 248 g/mol. The topological polar surface area (TPSA) is 24.5 Å². The highest BCUT2D eigenvalue weighted by Crippen LogP contribution is 2.13. The first-order chi connectivity index (χ1) is 9.78. The van der Waals surface area contributed by atoms with Gasteiger partial charge in [-0.15, -0.1) is 0 Å². The van der Waals surface area contributed by atoms with Crippen LogP contribution in [0, 0.1) is 6.92 Å². The van der Waals surface area contributed by atoms with Crippen LogP contribution in [0.25, 0.3) is 0 Å². The van der Waals surface area contributed by atoms with E-state index in [0.29, 0.717) is 0 Å². The molecule has 3 heteroatoms. The molecule has 0 aromatic heterocycles. The van der Waals surface area contributed by atoms with Crippen LogP contribution in [0.2, 0.25) is 0 Å². The molecule has 0 saturated carbocycles. The predicted octanol–water partition coefficient (Wildman–Crippen LogP) is 2.84. The van der Waals surface area contributed by atoms with E-state index in [2.05, 4.69) is 42.3 Å². The summed E-state index contributed by atoms with van der Waals surface area (Å²) in [6, 6.07) is 9.01. The summed E-state index contributed by atoms with van der Waals surface area (Å²) in [5.41, 5.74) is 1.25. The van der Waals surface area contributed by atoms with E-state index in [1.54, 1.807) is 0 Å². The highest BCUT2D eigenvalue weighted by atomic mass is 16.5. The second kappa shape index (κ2) is 8.28. The van der Waals surface area contributed by atoms with Crippen molar-refractivity contribution in [2.45, 2.75) is 39.2 Å². The minimum absolute atomic E-state index is 0.726. The van der Waals surface area contributed by atoms with Crippen molar-refractivity contribution >= 4 is 0 Å². The molecule has 3 nitrogen and oxygen atoms in total. The number of aryl methyl sites for hydroxylation is 1. The molecule has 1 aliphatic heterocycles. The van der Waals surface area contributed by atoms with Crippen molar-refractivity contribution in [3.8, 4) is 5.75 Å². The second-order valence-electron chi connectivity index (χ2n) is 5.74. The van der Waals surface area contributed by atoms with Crippen LogP contribution in [-0.4, -0.2) is 43.7 Å². The van der Waals surface area contributed by atoms with E-state index in [-0.39, 0.29) is 0 Å². The fraction of sp³-hybridized carbons (Fsp3) is 0.647. The van der Waals surface area contributed by atoms with E-state index in [9.17, 15) is 0 Å². The zero-order valence-electron chi connectivity index (χ0n) is 12.9. The Hall–Kier alpha value is -1.06. The Balaban J connectivity index is 1.61. The third kappa shape index (κ3) is 5.14. The van der Waals surface area contributed by atoms with Gasteiger partial charge in [-0.1, -0.05) is 19.1 Å². The lowest BCUT2D eigenvalue weighted by molar-refractivity contribution is 0.165. The summed E-state index contributed by atoms with van der Waals surface area (Å²) in [5.74, 6) is 0.990. The lowest BCUT2D eigenvalue weighted by atomic mass is 10.1. The molecular formula is C17H28N2O. The molecule has 1 aromatic rings. The van der Waals surface area contributed by atoms with E-state index in [1.807, 2.05) is 6.07 Å². The van der Waals surface area contributed by atoms with Gasteiger partial charge in [-0.3, -0.25) is 4.90 Å². The summed E-state index contributed by atoms with van der Waals surface area (Å²) in [7, 11) is 0. The molecule has 2 rings (SSSR count). The van der Waals surface area contributed by atoms with E-state index >= 15 is 0 Å². The number of ether oxygens (including phenoxy) is 1. The van der Waals surface area contributed by atoms with Crippen molar-refractivity contribution in [3.05, 3.63) is 29.8 Å². The molecule has 1 aliphatic rings. The van der Waals surface area contributed by atoms with Crippen LogP contribution in [0.5, 0.6) is 5.75 Å². The van der Waals surface area contributed by atoms with Gasteiger partial charge in [0, 0.05) is 12.6 Å². The summed E-state index contributed by atoms with van der Waals surface area (Å²) in [6.07, 6.45) is 3.76. The number of nitrogens with zero attached hydrogens (tertiary/aromatic N) is 1. The number of nitrogens with one attached hydrogen (secondary N) is 1. The van der Waals surface area contributed by atoms with Gasteiger partial charge in [-0.25, -0.2) is 0 Å². The van der Waals surface area contributed by atoms with Gasteiger partial charge in [0.15, 0.2) is 0 Å². The first-order valence-corrected chi connectivity index (χ1v) is 7.93. The third-order valence-electron chi connectivity index (χ3n) is 3.94. The molecule has 1 aromatic carbocycles. The second-order valence-corrected chi connectivity index (χ2v) is 5.74. The molecule has 1 fully saturated rings. The summed E-state index contributed by atoms with van der Waals surface area (Å²) in [4.78, 5) is 2.51. The van der Waals surface area contributed by atoms with Crippen molar-refractivity contribution < 1.29 is 4.74 Å². The van der Waals surface area contributed by atoms with Gasteiger partial charge in [0.05, 0.1) is 0 Å². The zero-order chi connectivity index (χ0) is 14.2. The highest BCUT2D eigenvalue weighted by Gasteiger charge is 2.17. The summed E-state index contributed by atoms with van der Waals surface area (Å²) >= 11 is 0. The molecule has 0 spiro atoms. The molecule has 1 saturated heterocycles. The average molecular weight is 276 g/mol. The highest BCUT2D eigenvalue weighted by molar-refractivity contribution is 5.27. The minimum atomic E-state index is 0.726. The molecule has 0 amide bonds. The van der Waals surface area contributed by atoms with Crippen molar-refractivity contribution in [1.82, 2.24) is 10.2 Å². The molecule has 1 heterocycles. The number of piperidine rings is 1. The van der Waals surface area contributed by atoms with Crippen LogP contribution in [-0.2, 0) is 0 Å². The Morgan fingerprint density at radius 1 is 1.30 bits per heavy atom. The van der Waals surface area contributed by atoms with Gasteiger partial charge >= 0.3 is 0 Å². The summed E-state index contributed by atoms with van der Waals surface area (Å²) in [5, 5.41) is 3.62. The van der Waals surface area contributed by atoms with Gasteiger partial charge in [0.1, 0.15) is 12.4 Å². The first-order valence-electron chi connectivity index (χ1n) is 7.93.